The number of aryl methyl sites for hydroxylation is 1. The molecule has 0 amide bonds. The topological polar surface area (TPSA) is 56.0 Å². The number of benzene rings is 1. The van der Waals surface area contributed by atoms with Gasteiger partial charge in [0.15, 0.2) is 0 Å². The summed E-state index contributed by atoms with van der Waals surface area (Å²) in [5.41, 5.74) is 3.90. The molecule has 24 heavy (non-hydrogen) atoms. The fourth-order valence-corrected chi connectivity index (χ4v) is 3.63. The molecular formula is C18H20ClN5. The molecule has 0 aliphatic carbocycles. The number of nitriles is 1. The Morgan fingerprint density at radius 3 is 2.29 bits per heavy atom. The molecule has 0 spiro atoms. The lowest BCUT2D eigenvalue weighted by molar-refractivity contribution is 0.544. The zero-order chi connectivity index (χ0) is 17.3. The van der Waals surface area contributed by atoms with Crippen LogP contribution in [0.15, 0.2) is 30.5 Å². The van der Waals surface area contributed by atoms with Gasteiger partial charge in [0.2, 0.25) is 5.28 Å². The van der Waals surface area contributed by atoms with Crippen LogP contribution in [0.25, 0.3) is 0 Å². The lowest BCUT2D eigenvalue weighted by Crippen LogP contribution is -2.47. The summed E-state index contributed by atoms with van der Waals surface area (Å²) in [6, 6.07) is 10.7. The van der Waals surface area contributed by atoms with Gasteiger partial charge in [-0.05, 0) is 50.1 Å². The second kappa shape index (κ2) is 6.66. The van der Waals surface area contributed by atoms with Gasteiger partial charge in [0, 0.05) is 19.3 Å². The fraction of sp³-hybridized carbons (Fsp3) is 0.389. The van der Waals surface area contributed by atoms with Gasteiger partial charge in [-0.1, -0.05) is 12.1 Å². The SMILES string of the molecule is CCN1c2ccccc2N(CC)C1C(C#N)c1nc(Cl)ncc1C. The minimum atomic E-state index is -0.419. The molecule has 0 saturated carbocycles. The summed E-state index contributed by atoms with van der Waals surface area (Å²) < 4.78 is 0. The third kappa shape index (κ3) is 2.57. The van der Waals surface area contributed by atoms with E-state index in [4.69, 9.17) is 11.6 Å². The fourth-order valence-electron chi connectivity index (χ4n) is 3.49. The highest BCUT2D eigenvalue weighted by Gasteiger charge is 2.41. The van der Waals surface area contributed by atoms with Crippen LogP contribution in [0.2, 0.25) is 5.28 Å². The van der Waals surface area contributed by atoms with Crippen LogP contribution in [0.1, 0.15) is 31.0 Å². The summed E-state index contributed by atoms with van der Waals surface area (Å²) in [6.45, 7) is 7.77. The van der Waals surface area contributed by atoms with Gasteiger partial charge in [-0.15, -0.1) is 0 Å². The third-order valence-electron chi connectivity index (χ3n) is 4.53. The Balaban J connectivity index is 2.12. The minimum absolute atomic E-state index is 0.105. The predicted octanol–water partition coefficient (Wildman–Crippen LogP) is 3.74. The monoisotopic (exact) mass is 341 g/mol. The maximum atomic E-state index is 9.95. The number of para-hydroxylation sites is 2. The molecule has 1 atom stereocenters. The van der Waals surface area contributed by atoms with Crippen molar-refractivity contribution in [2.24, 2.45) is 0 Å². The normalized spacial score (nSPS) is 15.3. The highest BCUT2D eigenvalue weighted by molar-refractivity contribution is 6.28. The van der Waals surface area contributed by atoms with E-state index in [1.165, 1.54) is 0 Å². The van der Waals surface area contributed by atoms with Crippen LogP contribution in [-0.2, 0) is 0 Å². The molecular weight excluding hydrogens is 322 g/mol. The maximum absolute atomic E-state index is 9.95. The number of rotatable bonds is 4. The number of halogens is 1. The van der Waals surface area contributed by atoms with Gasteiger partial charge in [-0.25, -0.2) is 9.97 Å². The first-order valence-electron chi connectivity index (χ1n) is 8.13. The first kappa shape index (κ1) is 16.5. The maximum Gasteiger partial charge on any atom is 0.222 e. The Morgan fingerprint density at radius 2 is 1.79 bits per heavy atom. The van der Waals surface area contributed by atoms with E-state index in [-0.39, 0.29) is 11.4 Å². The molecule has 0 radical (unpaired) electrons. The van der Waals surface area contributed by atoms with Gasteiger partial charge in [-0.3, -0.25) is 0 Å². The zero-order valence-corrected chi connectivity index (χ0v) is 14.8. The Labute approximate surface area is 147 Å². The van der Waals surface area contributed by atoms with E-state index in [9.17, 15) is 5.26 Å². The second-order valence-electron chi connectivity index (χ2n) is 5.79. The van der Waals surface area contributed by atoms with Crippen LogP contribution in [0, 0.1) is 18.3 Å². The predicted molar refractivity (Wildman–Crippen MR) is 96.4 cm³/mol. The van der Waals surface area contributed by atoms with E-state index in [0.717, 1.165) is 30.0 Å². The van der Waals surface area contributed by atoms with Crippen LogP contribution in [0.4, 0.5) is 11.4 Å². The number of likely N-dealkylation sites (N-methyl/N-ethyl adjacent to an activating group) is 2. The number of nitrogens with zero attached hydrogens (tertiary/aromatic N) is 5. The largest absolute Gasteiger partial charge is 0.348 e. The molecule has 2 heterocycles. The molecule has 0 saturated heterocycles. The lowest BCUT2D eigenvalue weighted by Gasteiger charge is -2.35. The third-order valence-corrected chi connectivity index (χ3v) is 4.72. The summed E-state index contributed by atoms with van der Waals surface area (Å²) in [5.74, 6) is -0.419. The molecule has 0 bridgehead atoms. The average molecular weight is 342 g/mol. The van der Waals surface area contributed by atoms with Gasteiger partial charge >= 0.3 is 0 Å². The van der Waals surface area contributed by atoms with Crippen LogP contribution < -0.4 is 9.80 Å². The van der Waals surface area contributed by atoms with Crippen LogP contribution in [0.3, 0.4) is 0 Å². The van der Waals surface area contributed by atoms with Crippen molar-refractivity contribution in [2.45, 2.75) is 32.9 Å². The Morgan fingerprint density at radius 1 is 1.21 bits per heavy atom. The first-order valence-corrected chi connectivity index (χ1v) is 8.51. The molecule has 6 heteroatoms. The lowest BCUT2D eigenvalue weighted by atomic mass is 9.98. The highest BCUT2D eigenvalue weighted by Crippen LogP contribution is 2.43. The highest BCUT2D eigenvalue weighted by atomic mass is 35.5. The molecule has 0 N–H and O–H groups in total. The van der Waals surface area contributed by atoms with Crippen molar-refractivity contribution in [2.75, 3.05) is 22.9 Å². The minimum Gasteiger partial charge on any atom is -0.348 e. The molecule has 5 nitrogen and oxygen atoms in total. The van der Waals surface area contributed by atoms with E-state index >= 15 is 0 Å². The van der Waals surface area contributed by atoms with Gasteiger partial charge in [0.05, 0.1) is 23.1 Å². The molecule has 1 aromatic carbocycles. The summed E-state index contributed by atoms with van der Waals surface area (Å²) >= 11 is 6.00. The smallest absolute Gasteiger partial charge is 0.222 e. The Bertz CT molecular complexity index is 754. The summed E-state index contributed by atoms with van der Waals surface area (Å²) in [6.07, 6.45) is 1.58. The number of hydrogen-bond donors (Lipinski definition) is 0. The van der Waals surface area contributed by atoms with Crippen molar-refractivity contribution in [3.63, 3.8) is 0 Å². The summed E-state index contributed by atoms with van der Waals surface area (Å²) in [5, 5.41) is 10.1. The molecule has 3 rings (SSSR count). The molecule has 1 unspecified atom stereocenters. The van der Waals surface area contributed by atoms with Gasteiger partial charge < -0.3 is 9.80 Å². The van der Waals surface area contributed by atoms with Crippen molar-refractivity contribution < 1.29 is 0 Å². The standard InChI is InChI=1S/C18H20ClN5/c1-4-23-14-8-6-7-9-15(14)24(5-2)17(23)13(10-20)16-12(3)11-21-18(19)22-16/h6-9,11,13,17H,4-5H2,1-3H3. The van der Waals surface area contributed by atoms with Gasteiger partial charge in [0.25, 0.3) is 0 Å². The zero-order valence-electron chi connectivity index (χ0n) is 14.1. The number of aromatic nitrogens is 2. The molecule has 2 aromatic rings. The van der Waals surface area contributed by atoms with Crippen molar-refractivity contribution in [1.29, 1.82) is 5.26 Å². The van der Waals surface area contributed by atoms with Crippen molar-refractivity contribution in [1.82, 2.24) is 9.97 Å². The second-order valence-corrected chi connectivity index (χ2v) is 6.13. The molecule has 1 aromatic heterocycles. The average Bonchev–Trinajstić information content (AvgIpc) is 2.92. The van der Waals surface area contributed by atoms with Crippen molar-refractivity contribution in [3.8, 4) is 6.07 Å². The van der Waals surface area contributed by atoms with E-state index in [1.54, 1.807) is 6.20 Å². The Kier molecular flexibility index (Phi) is 4.59. The van der Waals surface area contributed by atoms with Crippen LogP contribution in [0.5, 0.6) is 0 Å². The van der Waals surface area contributed by atoms with Crippen LogP contribution >= 0.6 is 11.6 Å². The summed E-state index contributed by atoms with van der Waals surface area (Å²) in [4.78, 5) is 12.9. The summed E-state index contributed by atoms with van der Waals surface area (Å²) in [7, 11) is 0. The van der Waals surface area contributed by atoms with Crippen LogP contribution in [-0.4, -0.2) is 29.2 Å². The number of fused-ring (bicyclic) bond motifs is 1. The van der Waals surface area contributed by atoms with Gasteiger partial charge in [0.1, 0.15) is 12.1 Å². The molecule has 1 aliphatic rings. The van der Waals surface area contributed by atoms with E-state index < -0.39 is 5.92 Å². The Hall–Kier alpha value is -2.32. The first-order chi connectivity index (χ1) is 11.6. The molecule has 0 fully saturated rings. The van der Waals surface area contributed by atoms with E-state index in [0.29, 0.717) is 5.69 Å². The number of anilines is 2. The van der Waals surface area contributed by atoms with E-state index in [1.807, 2.05) is 19.1 Å². The number of hydrogen-bond acceptors (Lipinski definition) is 5. The van der Waals surface area contributed by atoms with E-state index in [2.05, 4.69) is 51.8 Å². The van der Waals surface area contributed by atoms with Crippen molar-refractivity contribution >= 4 is 23.0 Å². The van der Waals surface area contributed by atoms with Gasteiger partial charge in [-0.2, -0.15) is 5.26 Å². The molecule has 1 aliphatic heterocycles. The quantitative estimate of drug-likeness (QED) is 0.793. The van der Waals surface area contributed by atoms with Crippen molar-refractivity contribution in [3.05, 3.63) is 47.0 Å². The molecule has 124 valence electrons.